The number of aromatic amines is 4. The first-order valence-electron chi connectivity index (χ1n) is 18.3. The number of hydrogen-bond donors (Lipinski definition) is 5. The first-order valence-corrected chi connectivity index (χ1v) is 18.3. The first-order chi connectivity index (χ1) is 26.8. The van der Waals surface area contributed by atoms with Gasteiger partial charge in [-0.3, -0.25) is 4.79 Å². The van der Waals surface area contributed by atoms with Crippen molar-refractivity contribution in [1.29, 1.82) is 0 Å². The van der Waals surface area contributed by atoms with E-state index in [4.69, 9.17) is 0 Å². The molecule has 8 heterocycles. The first kappa shape index (κ1) is 33.6. The molecular formula is C46H41N8O+3. The van der Waals surface area contributed by atoms with Crippen molar-refractivity contribution in [3.8, 4) is 0 Å². The van der Waals surface area contributed by atoms with Crippen LogP contribution in [0.1, 0.15) is 52.0 Å². The van der Waals surface area contributed by atoms with E-state index in [1.54, 1.807) is 0 Å². The summed E-state index contributed by atoms with van der Waals surface area (Å²) in [4.78, 5) is 27.3. The number of nitrogens with one attached hydrogen (secondary N) is 5. The van der Waals surface area contributed by atoms with Crippen LogP contribution < -0.4 is 40.4 Å². The van der Waals surface area contributed by atoms with Crippen LogP contribution in [-0.2, 0) is 25.9 Å². The molecule has 268 valence electrons. The predicted octanol–water partition coefficient (Wildman–Crippen LogP) is 2.73. The van der Waals surface area contributed by atoms with E-state index in [-0.39, 0.29) is 5.91 Å². The highest BCUT2D eigenvalue weighted by Gasteiger charge is 2.20. The molecule has 0 unspecified atom stereocenters. The summed E-state index contributed by atoms with van der Waals surface area (Å²) in [6.07, 6.45) is 12.6. The Morgan fingerprint density at radius 3 is 1.11 bits per heavy atom. The topological polar surface area (TPSA) is 104 Å². The van der Waals surface area contributed by atoms with Gasteiger partial charge in [0.05, 0.1) is 0 Å². The molecule has 0 saturated carbocycles. The molecule has 1 aromatic carbocycles. The Bertz CT molecular complexity index is 3030. The summed E-state index contributed by atoms with van der Waals surface area (Å²) in [6.45, 7) is 1.52. The van der Waals surface area contributed by atoms with Crippen LogP contribution in [0.5, 0.6) is 0 Å². The van der Waals surface area contributed by atoms with E-state index >= 15 is 0 Å². The van der Waals surface area contributed by atoms with Crippen LogP contribution in [0, 0.1) is 0 Å². The largest absolute Gasteiger partial charge is 0.354 e. The van der Waals surface area contributed by atoms with Gasteiger partial charge in [-0.05, 0) is 84.4 Å². The van der Waals surface area contributed by atoms with Gasteiger partial charge in [-0.1, -0.05) is 12.1 Å². The molecule has 0 saturated heterocycles. The lowest BCUT2D eigenvalue weighted by Gasteiger charge is -2.10. The molecule has 9 rings (SSSR count). The number of aryl methyl sites for hydroxylation is 3. The minimum absolute atomic E-state index is 0.106. The van der Waals surface area contributed by atoms with E-state index in [0.717, 1.165) is 94.4 Å². The molecule has 8 aromatic rings. The molecular weight excluding hydrogens is 681 g/mol. The van der Waals surface area contributed by atoms with E-state index < -0.39 is 0 Å². The van der Waals surface area contributed by atoms with Gasteiger partial charge >= 0.3 is 0 Å². The Morgan fingerprint density at radius 2 is 0.782 bits per heavy atom. The Labute approximate surface area is 317 Å². The van der Waals surface area contributed by atoms with Crippen LogP contribution in [-0.4, -0.2) is 25.8 Å². The second-order valence-corrected chi connectivity index (χ2v) is 14.2. The van der Waals surface area contributed by atoms with Gasteiger partial charge in [0.1, 0.15) is 21.1 Å². The van der Waals surface area contributed by atoms with Crippen LogP contribution >= 0.6 is 0 Å². The predicted molar refractivity (Wildman–Crippen MR) is 212 cm³/mol. The highest BCUT2D eigenvalue weighted by molar-refractivity contribution is 5.89. The molecule has 0 radical (unpaired) electrons. The Hall–Kier alpha value is -7.26. The molecule has 8 bridgehead atoms. The molecule has 0 spiro atoms. The van der Waals surface area contributed by atoms with E-state index in [1.165, 1.54) is 6.92 Å². The number of fused-ring (bicyclic) bond motifs is 8. The van der Waals surface area contributed by atoms with Crippen molar-refractivity contribution in [2.45, 2.75) is 6.92 Å². The summed E-state index contributed by atoms with van der Waals surface area (Å²) in [5, 5.41) is 6.81. The van der Waals surface area contributed by atoms with E-state index in [0.29, 0.717) is 0 Å². The molecule has 0 fully saturated rings. The lowest BCUT2D eigenvalue weighted by atomic mass is 10.0. The number of carbonyl (C=O) groups excluding carboxylic acids is 1. The SMILES string of the molecule is CC(=O)Nc1ccc(C2=c3ccc([nH]3)=C(c3ccc[n+](C)c3)c3ccc([nH]3)C(c3ccc[n+](C)c3)=c3ccc([nH]3)=C(c3ccc[n+](C)c3)c3ccc2[nH]3)cc1. The molecule has 0 atom stereocenters. The van der Waals surface area contributed by atoms with Crippen molar-refractivity contribution in [2.24, 2.45) is 21.1 Å². The third-order valence-electron chi connectivity index (χ3n) is 10.1. The Kier molecular flexibility index (Phi) is 8.31. The van der Waals surface area contributed by atoms with Gasteiger partial charge in [0.25, 0.3) is 0 Å². The number of aromatic nitrogens is 7. The van der Waals surface area contributed by atoms with Gasteiger partial charge < -0.3 is 25.3 Å². The van der Waals surface area contributed by atoms with Gasteiger partial charge in [0.15, 0.2) is 37.2 Å². The number of nitrogens with zero attached hydrogens (tertiary/aromatic N) is 3. The van der Waals surface area contributed by atoms with Gasteiger partial charge in [0, 0.05) is 114 Å². The number of H-pyrrole nitrogens is 4. The fraction of sp³-hybridized carbons (Fsp3) is 0.0870. The zero-order chi connectivity index (χ0) is 37.6. The van der Waals surface area contributed by atoms with E-state index in [2.05, 4.69) is 168 Å². The smallest absolute Gasteiger partial charge is 0.221 e. The number of amides is 1. The highest BCUT2D eigenvalue weighted by Crippen LogP contribution is 2.27. The van der Waals surface area contributed by atoms with Crippen LogP contribution in [0.15, 0.2) is 146 Å². The second-order valence-electron chi connectivity index (χ2n) is 14.2. The fourth-order valence-electron chi connectivity index (χ4n) is 7.70. The summed E-state index contributed by atoms with van der Waals surface area (Å²) in [5.74, 6) is -0.106. The number of anilines is 1. The van der Waals surface area contributed by atoms with Crippen molar-refractivity contribution < 1.29 is 18.5 Å². The highest BCUT2D eigenvalue weighted by atomic mass is 16.1. The zero-order valence-corrected chi connectivity index (χ0v) is 31.1. The monoisotopic (exact) mass is 721 g/mol. The number of rotatable bonds is 5. The molecule has 0 aliphatic carbocycles. The normalized spacial score (nSPS) is 12.7. The quantitative estimate of drug-likeness (QED) is 0.174. The number of carbonyl (C=O) groups is 1. The summed E-state index contributed by atoms with van der Waals surface area (Å²) >= 11 is 0. The summed E-state index contributed by atoms with van der Waals surface area (Å²) < 4.78 is 6.24. The summed E-state index contributed by atoms with van der Waals surface area (Å²) in [6, 6.07) is 38.0. The number of hydrogen-bond acceptors (Lipinski definition) is 1. The standard InChI is InChI=1S/C46H40N8O/c1-29(55)47-34-13-11-30(12-14-34)43-35-15-17-37(48-35)44(31-8-5-23-52(2)26-31)39-19-21-41(50-39)46(33-10-7-25-54(4)28-33)42-22-20-40(51-42)45(38-18-16-36(43)49-38)32-9-6-24-53(3)27-32/h5-28,48-51H,1-4H3/q+2/p+1. The van der Waals surface area contributed by atoms with E-state index in [1.807, 2.05) is 38.6 Å². The maximum atomic E-state index is 11.9. The maximum Gasteiger partial charge on any atom is 0.221 e. The fourth-order valence-corrected chi connectivity index (χ4v) is 7.70. The average molecular weight is 722 g/mol. The lowest BCUT2D eigenvalue weighted by Crippen LogP contribution is -2.28. The van der Waals surface area contributed by atoms with Gasteiger partial charge in [-0.2, -0.15) is 0 Å². The summed E-state index contributed by atoms with van der Waals surface area (Å²) in [5.41, 5.74) is 13.0. The van der Waals surface area contributed by atoms with Gasteiger partial charge in [0.2, 0.25) is 5.91 Å². The van der Waals surface area contributed by atoms with Crippen LogP contribution in [0.3, 0.4) is 0 Å². The molecule has 1 amide bonds. The van der Waals surface area contributed by atoms with Gasteiger partial charge in [-0.25, -0.2) is 13.7 Å². The Morgan fingerprint density at radius 1 is 0.436 bits per heavy atom. The molecule has 1 aliphatic heterocycles. The van der Waals surface area contributed by atoms with Crippen LogP contribution in [0.25, 0.3) is 22.3 Å². The lowest BCUT2D eigenvalue weighted by molar-refractivity contribution is -0.671. The van der Waals surface area contributed by atoms with Crippen LogP contribution in [0.2, 0.25) is 0 Å². The van der Waals surface area contributed by atoms with Crippen molar-refractivity contribution in [3.63, 3.8) is 0 Å². The van der Waals surface area contributed by atoms with Crippen molar-refractivity contribution >= 4 is 33.9 Å². The summed E-state index contributed by atoms with van der Waals surface area (Å²) in [7, 11) is 6.14. The molecule has 9 nitrogen and oxygen atoms in total. The molecule has 9 heteroatoms. The maximum absolute atomic E-state index is 11.9. The minimum Gasteiger partial charge on any atom is -0.354 e. The third kappa shape index (κ3) is 6.42. The van der Waals surface area contributed by atoms with E-state index in [9.17, 15) is 4.79 Å². The Balaban J connectivity index is 1.41. The minimum atomic E-state index is -0.106. The second kappa shape index (κ2) is 13.6. The number of pyridine rings is 3. The molecule has 7 aromatic heterocycles. The zero-order valence-electron chi connectivity index (χ0n) is 31.1. The molecule has 1 aliphatic rings. The molecule has 5 N–H and O–H groups in total. The van der Waals surface area contributed by atoms with Crippen molar-refractivity contribution in [3.05, 3.63) is 213 Å². The average Bonchev–Trinajstić information content (AvgIpc) is 4.00. The van der Waals surface area contributed by atoms with Crippen molar-refractivity contribution in [2.75, 3.05) is 5.32 Å². The third-order valence-corrected chi connectivity index (χ3v) is 10.1. The molecule has 55 heavy (non-hydrogen) atoms. The number of benzene rings is 1. The van der Waals surface area contributed by atoms with Crippen molar-refractivity contribution in [1.82, 2.24) is 19.9 Å². The van der Waals surface area contributed by atoms with Gasteiger partial charge in [-0.15, -0.1) is 0 Å². The van der Waals surface area contributed by atoms with Crippen LogP contribution in [0.4, 0.5) is 5.69 Å².